The average molecular weight is 240 g/mol. The van der Waals surface area contributed by atoms with Crippen LogP contribution in [0, 0.1) is 0 Å². The lowest BCUT2D eigenvalue weighted by Crippen LogP contribution is -2.39. The van der Waals surface area contributed by atoms with Gasteiger partial charge in [-0.15, -0.1) is 0 Å². The molecule has 0 bridgehead atoms. The Hall–Kier alpha value is -1.03. The molecule has 1 aliphatic rings. The van der Waals surface area contributed by atoms with E-state index in [1.165, 1.54) is 5.57 Å². The van der Waals surface area contributed by atoms with Crippen molar-refractivity contribution in [3.05, 3.63) is 11.6 Å². The van der Waals surface area contributed by atoms with E-state index in [1.807, 2.05) is 20.8 Å². The second-order valence-corrected chi connectivity index (χ2v) is 5.78. The van der Waals surface area contributed by atoms with E-state index < -0.39 is 5.60 Å². The van der Waals surface area contributed by atoms with Crippen LogP contribution in [-0.2, 0) is 4.74 Å². The van der Waals surface area contributed by atoms with E-state index in [-0.39, 0.29) is 6.09 Å². The molecule has 0 unspecified atom stereocenters. The van der Waals surface area contributed by atoms with Crippen LogP contribution < -0.4 is 0 Å². The van der Waals surface area contributed by atoms with Gasteiger partial charge in [0.25, 0.3) is 0 Å². The van der Waals surface area contributed by atoms with Crippen LogP contribution in [0.1, 0.15) is 27.2 Å². The van der Waals surface area contributed by atoms with Gasteiger partial charge in [0.2, 0.25) is 0 Å². The van der Waals surface area contributed by atoms with Crippen molar-refractivity contribution >= 4 is 6.09 Å². The van der Waals surface area contributed by atoms with Crippen molar-refractivity contribution in [1.82, 2.24) is 9.80 Å². The SMILES string of the molecule is CN(C)CC1=CCN(C(=O)OC(C)(C)C)CC1. The lowest BCUT2D eigenvalue weighted by Gasteiger charge is -2.30. The van der Waals surface area contributed by atoms with E-state index in [0.29, 0.717) is 6.54 Å². The number of nitrogens with zero attached hydrogens (tertiary/aromatic N) is 2. The summed E-state index contributed by atoms with van der Waals surface area (Å²) >= 11 is 0. The molecule has 1 heterocycles. The fourth-order valence-corrected chi connectivity index (χ4v) is 1.75. The summed E-state index contributed by atoms with van der Waals surface area (Å²) in [6, 6.07) is 0. The number of hydrogen-bond donors (Lipinski definition) is 0. The molecule has 0 N–H and O–H groups in total. The lowest BCUT2D eigenvalue weighted by atomic mass is 10.1. The van der Waals surface area contributed by atoms with E-state index in [4.69, 9.17) is 4.74 Å². The minimum absolute atomic E-state index is 0.211. The minimum Gasteiger partial charge on any atom is -0.444 e. The van der Waals surface area contributed by atoms with Gasteiger partial charge < -0.3 is 14.5 Å². The number of amides is 1. The number of carbonyl (C=O) groups excluding carboxylic acids is 1. The van der Waals surface area contributed by atoms with Gasteiger partial charge >= 0.3 is 6.09 Å². The molecular weight excluding hydrogens is 216 g/mol. The van der Waals surface area contributed by atoms with Crippen LogP contribution in [0.2, 0.25) is 0 Å². The first-order valence-electron chi connectivity index (χ1n) is 6.08. The van der Waals surface area contributed by atoms with Crippen molar-refractivity contribution in [1.29, 1.82) is 0 Å². The first-order valence-corrected chi connectivity index (χ1v) is 6.08. The second kappa shape index (κ2) is 5.54. The highest BCUT2D eigenvalue weighted by Gasteiger charge is 2.23. The Morgan fingerprint density at radius 1 is 1.47 bits per heavy atom. The van der Waals surface area contributed by atoms with E-state index in [1.54, 1.807) is 4.90 Å². The van der Waals surface area contributed by atoms with Gasteiger partial charge in [-0.25, -0.2) is 4.79 Å². The third-order valence-electron chi connectivity index (χ3n) is 2.47. The molecular formula is C13H24N2O2. The van der Waals surface area contributed by atoms with E-state index in [0.717, 1.165) is 19.5 Å². The quantitative estimate of drug-likeness (QED) is 0.693. The first kappa shape index (κ1) is 14.0. The number of hydrogen-bond acceptors (Lipinski definition) is 3. The smallest absolute Gasteiger partial charge is 0.410 e. The second-order valence-electron chi connectivity index (χ2n) is 5.78. The van der Waals surface area contributed by atoms with Crippen molar-refractivity contribution in [2.45, 2.75) is 32.8 Å². The summed E-state index contributed by atoms with van der Waals surface area (Å²) in [4.78, 5) is 15.7. The maximum absolute atomic E-state index is 11.8. The van der Waals surface area contributed by atoms with Crippen LogP contribution >= 0.6 is 0 Å². The van der Waals surface area contributed by atoms with Crippen LogP contribution in [0.4, 0.5) is 4.79 Å². The maximum Gasteiger partial charge on any atom is 0.410 e. The van der Waals surface area contributed by atoms with Gasteiger partial charge in [0.15, 0.2) is 0 Å². The van der Waals surface area contributed by atoms with Crippen molar-refractivity contribution in [2.75, 3.05) is 33.7 Å². The van der Waals surface area contributed by atoms with E-state index >= 15 is 0 Å². The molecule has 1 amide bonds. The molecule has 17 heavy (non-hydrogen) atoms. The summed E-state index contributed by atoms with van der Waals surface area (Å²) in [5.41, 5.74) is 0.986. The molecule has 0 aliphatic carbocycles. The van der Waals surface area contributed by atoms with Gasteiger partial charge in [0, 0.05) is 19.6 Å². The maximum atomic E-state index is 11.8. The zero-order valence-corrected chi connectivity index (χ0v) is 11.6. The molecule has 98 valence electrons. The van der Waals surface area contributed by atoms with E-state index in [2.05, 4.69) is 25.1 Å². The van der Waals surface area contributed by atoms with Crippen LogP contribution in [-0.4, -0.2) is 55.2 Å². The summed E-state index contributed by atoms with van der Waals surface area (Å²) in [5, 5.41) is 0. The Balaban J connectivity index is 2.46. The van der Waals surface area contributed by atoms with Crippen LogP contribution in [0.15, 0.2) is 11.6 Å². The van der Waals surface area contributed by atoms with Crippen LogP contribution in [0.25, 0.3) is 0 Å². The van der Waals surface area contributed by atoms with Gasteiger partial charge in [-0.1, -0.05) is 11.6 Å². The predicted octanol–water partition coefficient (Wildman–Crippen LogP) is 2.12. The van der Waals surface area contributed by atoms with Gasteiger partial charge in [0.05, 0.1) is 0 Å². The zero-order valence-electron chi connectivity index (χ0n) is 11.6. The van der Waals surface area contributed by atoms with Gasteiger partial charge in [0.1, 0.15) is 5.60 Å². The largest absolute Gasteiger partial charge is 0.444 e. The number of carbonyl (C=O) groups is 1. The summed E-state index contributed by atoms with van der Waals surface area (Å²) in [6.07, 6.45) is 2.86. The normalized spacial score (nSPS) is 17.1. The monoisotopic (exact) mass is 240 g/mol. The number of rotatable bonds is 2. The Labute approximate surface area is 104 Å². The highest BCUT2D eigenvalue weighted by molar-refractivity contribution is 5.68. The molecule has 4 heteroatoms. The number of likely N-dealkylation sites (N-methyl/N-ethyl adjacent to an activating group) is 1. The molecule has 0 saturated carbocycles. The molecule has 1 aliphatic heterocycles. The highest BCUT2D eigenvalue weighted by Crippen LogP contribution is 2.15. The highest BCUT2D eigenvalue weighted by atomic mass is 16.6. The molecule has 0 spiro atoms. The van der Waals surface area contributed by atoms with Gasteiger partial charge in [-0.3, -0.25) is 0 Å². The van der Waals surface area contributed by atoms with Crippen LogP contribution in [0.3, 0.4) is 0 Å². The van der Waals surface area contributed by atoms with Gasteiger partial charge in [-0.05, 0) is 41.3 Å². The molecule has 0 fully saturated rings. The Bertz CT molecular complexity index is 303. The molecule has 0 aromatic heterocycles. The third kappa shape index (κ3) is 5.22. The summed E-state index contributed by atoms with van der Waals surface area (Å²) < 4.78 is 5.34. The Morgan fingerprint density at radius 2 is 2.12 bits per heavy atom. The minimum atomic E-state index is -0.412. The molecule has 1 rings (SSSR count). The first-order chi connectivity index (χ1) is 7.78. The van der Waals surface area contributed by atoms with Crippen molar-refractivity contribution in [2.24, 2.45) is 0 Å². The fourth-order valence-electron chi connectivity index (χ4n) is 1.75. The molecule has 0 radical (unpaired) electrons. The Kier molecular flexibility index (Phi) is 4.57. The molecule has 0 saturated heterocycles. The summed E-state index contributed by atoms with van der Waals surface area (Å²) in [6.45, 7) is 8.07. The van der Waals surface area contributed by atoms with Crippen molar-refractivity contribution < 1.29 is 9.53 Å². The summed E-state index contributed by atoms with van der Waals surface area (Å²) in [5.74, 6) is 0. The lowest BCUT2D eigenvalue weighted by molar-refractivity contribution is 0.0265. The predicted molar refractivity (Wildman–Crippen MR) is 69.1 cm³/mol. The molecule has 0 aromatic carbocycles. The fraction of sp³-hybridized carbons (Fsp3) is 0.769. The Morgan fingerprint density at radius 3 is 2.53 bits per heavy atom. The molecule has 0 aromatic rings. The third-order valence-corrected chi connectivity index (χ3v) is 2.47. The zero-order chi connectivity index (χ0) is 13.1. The van der Waals surface area contributed by atoms with Crippen molar-refractivity contribution in [3.8, 4) is 0 Å². The van der Waals surface area contributed by atoms with Crippen molar-refractivity contribution in [3.63, 3.8) is 0 Å². The number of ether oxygens (including phenoxy) is 1. The summed E-state index contributed by atoms with van der Waals surface area (Å²) in [7, 11) is 4.11. The van der Waals surface area contributed by atoms with Gasteiger partial charge in [-0.2, -0.15) is 0 Å². The molecule has 0 atom stereocenters. The molecule has 4 nitrogen and oxygen atoms in total. The topological polar surface area (TPSA) is 32.8 Å². The van der Waals surface area contributed by atoms with E-state index in [9.17, 15) is 4.79 Å². The van der Waals surface area contributed by atoms with Crippen LogP contribution in [0.5, 0.6) is 0 Å². The average Bonchev–Trinajstić information content (AvgIpc) is 2.15. The standard InChI is InChI=1S/C13H24N2O2/c1-13(2,3)17-12(16)15-8-6-11(7-9-15)10-14(4)5/h6H,7-10H2,1-5H3.